The quantitative estimate of drug-likeness (QED) is 0.892. The minimum absolute atomic E-state index is 0.0854. The first-order valence-electron chi connectivity index (χ1n) is 6.81. The molecule has 1 heterocycles. The van der Waals surface area contributed by atoms with Crippen LogP contribution in [-0.2, 0) is 4.79 Å². The first-order valence-corrected chi connectivity index (χ1v) is 6.81. The van der Waals surface area contributed by atoms with Crippen molar-refractivity contribution in [1.29, 1.82) is 0 Å². The minimum Gasteiger partial charge on any atom is -0.435 e. The lowest BCUT2D eigenvalue weighted by atomic mass is 10.1. The standard InChI is InChI=1S/C15H17F2N3O2/c1-10(12-4-6-13(7-5-12)22-15(16)17)19-14(21)11(2)20-9-3-8-18-20/h3-11,15H,1-2H3,(H,19,21). The highest BCUT2D eigenvalue weighted by molar-refractivity contribution is 5.80. The number of nitrogens with one attached hydrogen (secondary N) is 1. The molecule has 2 rings (SSSR count). The van der Waals surface area contributed by atoms with E-state index in [9.17, 15) is 13.6 Å². The molecule has 0 saturated carbocycles. The van der Waals surface area contributed by atoms with Crippen molar-refractivity contribution in [1.82, 2.24) is 15.1 Å². The number of benzene rings is 1. The van der Waals surface area contributed by atoms with Crippen molar-refractivity contribution in [3.8, 4) is 5.75 Å². The second-order valence-electron chi connectivity index (χ2n) is 4.84. The van der Waals surface area contributed by atoms with Gasteiger partial charge in [0, 0.05) is 12.4 Å². The summed E-state index contributed by atoms with van der Waals surface area (Å²) in [5.74, 6) is -0.0914. The second-order valence-corrected chi connectivity index (χ2v) is 4.84. The van der Waals surface area contributed by atoms with Crippen LogP contribution in [0.5, 0.6) is 5.75 Å². The number of carbonyl (C=O) groups is 1. The summed E-state index contributed by atoms with van der Waals surface area (Å²) in [5.41, 5.74) is 0.794. The summed E-state index contributed by atoms with van der Waals surface area (Å²) in [6.07, 6.45) is 3.32. The highest BCUT2D eigenvalue weighted by atomic mass is 19.3. The third-order valence-corrected chi connectivity index (χ3v) is 3.27. The van der Waals surface area contributed by atoms with Crippen molar-refractivity contribution in [2.75, 3.05) is 0 Å². The zero-order valence-corrected chi connectivity index (χ0v) is 12.2. The summed E-state index contributed by atoms with van der Waals surface area (Å²) in [4.78, 5) is 12.1. The van der Waals surface area contributed by atoms with Crippen LogP contribution in [0.1, 0.15) is 31.5 Å². The van der Waals surface area contributed by atoms with Crippen molar-refractivity contribution in [2.24, 2.45) is 0 Å². The summed E-state index contributed by atoms with van der Waals surface area (Å²) in [6.45, 7) is 0.712. The Morgan fingerprint density at radius 3 is 2.50 bits per heavy atom. The number of rotatable bonds is 6. The van der Waals surface area contributed by atoms with Crippen LogP contribution >= 0.6 is 0 Å². The zero-order valence-electron chi connectivity index (χ0n) is 12.2. The Morgan fingerprint density at radius 1 is 1.27 bits per heavy atom. The van der Waals surface area contributed by atoms with E-state index in [4.69, 9.17) is 0 Å². The predicted molar refractivity (Wildman–Crippen MR) is 76.6 cm³/mol. The van der Waals surface area contributed by atoms with Gasteiger partial charge in [0.2, 0.25) is 5.91 Å². The van der Waals surface area contributed by atoms with Gasteiger partial charge in [-0.25, -0.2) is 0 Å². The predicted octanol–water partition coefficient (Wildman–Crippen LogP) is 2.92. The minimum atomic E-state index is -2.85. The van der Waals surface area contributed by atoms with Gasteiger partial charge in [-0.1, -0.05) is 12.1 Å². The van der Waals surface area contributed by atoms with E-state index in [1.807, 2.05) is 6.92 Å². The van der Waals surface area contributed by atoms with Crippen molar-refractivity contribution in [2.45, 2.75) is 32.5 Å². The Kier molecular flexibility index (Phi) is 5.08. The number of hydrogen-bond acceptors (Lipinski definition) is 3. The topological polar surface area (TPSA) is 56.2 Å². The number of ether oxygens (including phenoxy) is 1. The van der Waals surface area contributed by atoms with Crippen LogP contribution in [0.2, 0.25) is 0 Å². The van der Waals surface area contributed by atoms with Gasteiger partial charge in [0.25, 0.3) is 0 Å². The average Bonchev–Trinajstić information content (AvgIpc) is 3.00. The Hall–Kier alpha value is -2.44. The zero-order chi connectivity index (χ0) is 16.1. The van der Waals surface area contributed by atoms with E-state index in [1.165, 1.54) is 12.1 Å². The Bertz CT molecular complexity index is 600. The maximum absolute atomic E-state index is 12.1. The van der Waals surface area contributed by atoms with Crippen LogP contribution < -0.4 is 10.1 Å². The second kappa shape index (κ2) is 7.02. The van der Waals surface area contributed by atoms with Gasteiger partial charge in [0.15, 0.2) is 0 Å². The Morgan fingerprint density at radius 2 is 1.95 bits per heavy atom. The van der Waals surface area contributed by atoms with Gasteiger partial charge in [0.05, 0.1) is 6.04 Å². The molecule has 7 heteroatoms. The van der Waals surface area contributed by atoms with E-state index in [0.717, 1.165) is 5.56 Å². The van der Waals surface area contributed by atoms with Gasteiger partial charge in [0.1, 0.15) is 11.8 Å². The maximum Gasteiger partial charge on any atom is 0.387 e. The van der Waals surface area contributed by atoms with E-state index in [-0.39, 0.29) is 17.7 Å². The molecule has 2 unspecified atom stereocenters. The van der Waals surface area contributed by atoms with Crippen LogP contribution in [-0.4, -0.2) is 22.3 Å². The van der Waals surface area contributed by atoms with Gasteiger partial charge >= 0.3 is 6.61 Å². The number of aromatic nitrogens is 2. The molecule has 0 spiro atoms. The van der Waals surface area contributed by atoms with Gasteiger partial charge < -0.3 is 10.1 Å². The molecule has 0 radical (unpaired) electrons. The normalized spacial score (nSPS) is 13.7. The van der Waals surface area contributed by atoms with Gasteiger partial charge in [-0.15, -0.1) is 0 Å². The van der Waals surface area contributed by atoms with E-state index in [2.05, 4.69) is 15.2 Å². The lowest BCUT2D eigenvalue weighted by Gasteiger charge is -2.18. The third-order valence-electron chi connectivity index (χ3n) is 3.27. The van der Waals surface area contributed by atoms with Crippen LogP contribution in [0.4, 0.5) is 8.78 Å². The molecule has 0 fully saturated rings. The maximum atomic E-state index is 12.1. The fraction of sp³-hybridized carbons (Fsp3) is 0.333. The third kappa shape index (κ3) is 4.03. The number of nitrogens with zero attached hydrogens (tertiary/aromatic N) is 2. The van der Waals surface area contributed by atoms with Gasteiger partial charge in [-0.05, 0) is 37.6 Å². The number of halogens is 2. The van der Waals surface area contributed by atoms with E-state index in [0.29, 0.717) is 0 Å². The molecule has 22 heavy (non-hydrogen) atoms. The highest BCUT2D eigenvalue weighted by Crippen LogP contribution is 2.19. The molecular weight excluding hydrogens is 292 g/mol. The Balaban J connectivity index is 1.96. The number of carbonyl (C=O) groups excluding carboxylic acids is 1. The molecule has 1 amide bonds. The molecule has 0 saturated heterocycles. The molecule has 118 valence electrons. The fourth-order valence-corrected chi connectivity index (χ4v) is 1.99. The SMILES string of the molecule is CC(NC(=O)C(C)n1cccn1)c1ccc(OC(F)F)cc1. The molecule has 5 nitrogen and oxygen atoms in total. The average molecular weight is 309 g/mol. The first-order chi connectivity index (χ1) is 10.5. The molecule has 0 bridgehead atoms. The summed E-state index contributed by atoms with van der Waals surface area (Å²) >= 11 is 0. The van der Waals surface area contributed by atoms with Crippen LogP contribution in [0.3, 0.4) is 0 Å². The highest BCUT2D eigenvalue weighted by Gasteiger charge is 2.18. The van der Waals surface area contributed by atoms with Crippen molar-refractivity contribution >= 4 is 5.91 Å². The van der Waals surface area contributed by atoms with Crippen LogP contribution in [0.15, 0.2) is 42.7 Å². The van der Waals surface area contributed by atoms with Crippen molar-refractivity contribution in [3.63, 3.8) is 0 Å². The van der Waals surface area contributed by atoms with Crippen molar-refractivity contribution < 1.29 is 18.3 Å². The van der Waals surface area contributed by atoms with E-state index in [1.54, 1.807) is 42.2 Å². The number of hydrogen-bond donors (Lipinski definition) is 1. The summed E-state index contributed by atoms with van der Waals surface area (Å²) in [5, 5.41) is 6.88. The molecule has 2 atom stereocenters. The molecule has 0 aliphatic rings. The summed E-state index contributed by atoms with van der Waals surface area (Å²) in [7, 11) is 0. The largest absolute Gasteiger partial charge is 0.435 e. The molecule has 0 aliphatic heterocycles. The molecule has 0 aliphatic carbocycles. The number of alkyl halides is 2. The van der Waals surface area contributed by atoms with Crippen LogP contribution in [0.25, 0.3) is 0 Å². The molecule has 1 N–H and O–H groups in total. The molecule has 1 aromatic carbocycles. The van der Waals surface area contributed by atoms with Crippen molar-refractivity contribution in [3.05, 3.63) is 48.3 Å². The molecule has 1 aromatic heterocycles. The lowest BCUT2D eigenvalue weighted by molar-refractivity contribution is -0.124. The fourth-order valence-electron chi connectivity index (χ4n) is 1.99. The molecular formula is C15H17F2N3O2. The lowest BCUT2D eigenvalue weighted by Crippen LogP contribution is -2.33. The smallest absolute Gasteiger partial charge is 0.387 e. The Labute approximate surface area is 126 Å². The summed E-state index contributed by atoms with van der Waals surface area (Å²) < 4.78 is 30.0. The number of amides is 1. The van der Waals surface area contributed by atoms with E-state index < -0.39 is 12.7 Å². The first kappa shape index (κ1) is 15.9. The van der Waals surface area contributed by atoms with Crippen LogP contribution in [0, 0.1) is 0 Å². The van der Waals surface area contributed by atoms with E-state index >= 15 is 0 Å². The monoisotopic (exact) mass is 309 g/mol. The van der Waals surface area contributed by atoms with Gasteiger partial charge in [-0.2, -0.15) is 13.9 Å². The van der Waals surface area contributed by atoms with Gasteiger partial charge in [-0.3, -0.25) is 9.48 Å². The summed E-state index contributed by atoms with van der Waals surface area (Å²) in [6, 6.07) is 7.23. The molecule has 2 aromatic rings.